The third-order valence-corrected chi connectivity index (χ3v) is 4.04. The first kappa shape index (κ1) is 16.2. The third kappa shape index (κ3) is 4.40. The van der Waals surface area contributed by atoms with Gasteiger partial charge in [-0.1, -0.05) is 28.9 Å². The lowest BCUT2D eigenvalue weighted by Crippen LogP contribution is -2.18. The van der Waals surface area contributed by atoms with Crippen LogP contribution in [0.3, 0.4) is 0 Å². The highest BCUT2D eigenvalue weighted by atomic mass is 79.9. The van der Waals surface area contributed by atoms with Crippen LogP contribution in [0.5, 0.6) is 0 Å². The fraction of sp³-hybridized carbons (Fsp3) is 0.438. The summed E-state index contributed by atoms with van der Waals surface area (Å²) >= 11 is 3.66. The minimum absolute atomic E-state index is 0.727. The first-order valence-electron chi connectivity index (χ1n) is 7.27. The molecule has 5 heteroatoms. The lowest BCUT2D eigenvalue weighted by Gasteiger charge is -2.11. The molecule has 2 aromatic rings. The molecule has 0 atom stereocenters. The topological polar surface area (TPSA) is 39.1 Å². The lowest BCUT2D eigenvalue weighted by molar-refractivity contribution is 0.199. The summed E-state index contributed by atoms with van der Waals surface area (Å²) in [6.45, 7) is 4.58. The number of hydrogen-bond donors (Lipinski definition) is 1. The van der Waals surface area contributed by atoms with Gasteiger partial charge in [-0.15, -0.1) is 0 Å². The number of imidazole rings is 1. The Hall–Kier alpha value is -1.17. The maximum atomic E-state index is 5.03. The summed E-state index contributed by atoms with van der Waals surface area (Å²) in [7, 11) is 1.71. The number of aryl methyl sites for hydroxylation is 1. The van der Waals surface area contributed by atoms with Gasteiger partial charge in [-0.25, -0.2) is 4.98 Å². The second-order valence-electron chi connectivity index (χ2n) is 4.91. The van der Waals surface area contributed by atoms with E-state index in [-0.39, 0.29) is 0 Å². The summed E-state index contributed by atoms with van der Waals surface area (Å²) in [5, 5.41) is 3.36. The predicted molar refractivity (Wildman–Crippen MR) is 88.8 cm³/mol. The standard InChI is InChI=1S/C16H22BrN3O/c1-3-4-16-19-7-9-20(16)14-6-5-13(15(17)11-14)12-18-8-10-21-2/h5-7,9,11,18H,3-4,8,10,12H2,1-2H3. The molecule has 0 bridgehead atoms. The molecule has 0 spiro atoms. The average Bonchev–Trinajstić information content (AvgIpc) is 2.93. The Morgan fingerprint density at radius 3 is 2.95 bits per heavy atom. The van der Waals surface area contributed by atoms with Crippen LogP contribution in [0.4, 0.5) is 0 Å². The minimum Gasteiger partial charge on any atom is -0.383 e. The van der Waals surface area contributed by atoms with Crippen molar-refractivity contribution in [3.8, 4) is 5.69 Å². The molecule has 21 heavy (non-hydrogen) atoms. The first-order valence-corrected chi connectivity index (χ1v) is 8.06. The van der Waals surface area contributed by atoms with E-state index in [1.165, 1.54) is 5.56 Å². The van der Waals surface area contributed by atoms with Gasteiger partial charge in [0.25, 0.3) is 0 Å². The molecule has 114 valence electrons. The smallest absolute Gasteiger partial charge is 0.113 e. The molecule has 0 saturated heterocycles. The number of ether oxygens (including phenoxy) is 1. The molecule has 0 aliphatic carbocycles. The summed E-state index contributed by atoms with van der Waals surface area (Å²) < 4.78 is 8.29. The van der Waals surface area contributed by atoms with Crippen molar-refractivity contribution < 1.29 is 4.74 Å². The Bertz CT molecular complexity index is 568. The van der Waals surface area contributed by atoms with E-state index in [9.17, 15) is 0 Å². The van der Waals surface area contributed by atoms with Crippen LogP contribution in [-0.2, 0) is 17.7 Å². The van der Waals surface area contributed by atoms with E-state index < -0.39 is 0 Å². The van der Waals surface area contributed by atoms with Crippen molar-refractivity contribution in [2.75, 3.05) is 20.3 Å². The quantitative estimate of drug-likeness (QED) is 0.741. The van der Waals surface area contributed by atoms with Gasteiger partial charge < -0.3 is 14.6 Å². The molecule has 0 fully saturated rings. The Labute approximate surface area is 134 Å². The summed E-state index contributed by atoms with van der Waals surface area (Å²) in [6.07, 6.45) is 5.97. The van der Waals surface area contributed by atoms with E-state index >= 15 is 0 Å². The second-order valence-corrected chi connectivity index (χ2v) is 5.76. The van der Waals surface area contributed by atoms with Gasteiger partial charge in [0.1, 0.15) is 5.82 Å². The molecule has 4 nitrogen and oxygen atoms in total. The van der Waals surface area contributed by atoms with Crippen molar-refractivity contribution in [2.24, 2.45) is 0 Å². The molecule has 1 aromatic heterocycles. The van der Waals surface area contributed by atoms with Crippen LogP contribution in [0.1, 0.15) is 24.7 Å². The molecule has 1 N–H and O–H groups in total. The zero-order valence-corrected chi connectivity index (χ0v) is 14.2. The summed E-state index contributed by atoms with van der Waals surface area (Å²) in [5.74, 6) is 1.11. The van der Waals surface area contributed by atoms with E-state index in [0.717, 1.165) is 48.5 Å². The zero-order chi connectivity index (χ0) is 15.1. The van der Waals surface area contributed by atoms with Crippen molar-refractivity contribution in [3.63, 3.8) is 0 Å². The minimum atomic E-state index is 0.727. The van der Waals surface area contributed by atoms with E-state index in [0.29, 0.717) is 0 Å². The third-order valence-electron chi connectivity index (χ3n) is 3.30. The Kier molecular flexibility index (Phi) is 6.42. The van der Waals surface area contributed by atoms with Gasteiger partial charge in [-0.2, -0.15) is 0 Å². The highest BCUT2D eigenvalue weighted by Gasteiger charge is 2.07. The molecule has 0 saturated carbocycles. The van der Waals surface area contributed by atoms with Gasteiger partial charge in [0, 0.05) is 49.2 Å². The van der Waals surface area contributed by atoms with Crippen LogP contribution >= 0.6 is 15.9 Å². The Morgan fingerprint density at radius 2 is 2.24 bits per heavy atom. The number of hydrogen-bond acceptors (Lipinski definition) is 3. The number of benzene rings is 1. The Balaban J connectivity index is 2.09. The zero-order valence-electron chi connectivity index (χ0n) is 12.6. The molecule has 0 radical (unpaired) electrons. The lowest BCUT2D eigenvalue weighted by atomic mass is 10.2. The molecule has 0 unspecified atom stereocenters. The monoisotopic (exact) mass is 351 g/mol. The molecular formula is C16H22BrN3O. The van der Waals surface area contributed by atoms with E-state index in [1.807, 2.05) is 12.4 Å². The molecule has 0 aliphatic rings. The number of halogens is 1. The summed E-state index contributed by atoms with van der Waals surface area (Å²) in [4.78, 5) is 4.43. The predicted octanol–water partition coefficient (Wildman–Crippen LogP) is 3.32. The van der Waals surface area contributed by atoms with E-state index in [1.54, 1.807) is 7.11 Å². The van der Waals surface area contributed by atoms with Crippen molar-refractivity contribution in [1.29, 1.82) is 0 Å². The molecule has 2 rings (SSSR count). The van der Waals surface area contributed by atoms with Gasteiger partial charge in [0.05, 0.1) is 6.61 Å². The van der Waals surface area contributed by atoms with Crippen LogP contribution in [-0.4, -0.2) is 29.8 Å². The molecule has 1 heterocycles. The van der Waals surface area contributed by atoms with Crippen molar-refractivity contribution in [1.82, 2.24) is 14.9 Å². The van der Waals surface area contributed by atoms with E-state index in [4.69, 9.17) is 4.74 Å². The van der Waals surface area contributed by atoms with Crippen molar-refractivity contribution in [2.45, 2.75) is 26.3 Å². The van der Waals surface area contributed by atoms with Gasteiger partial charge in [0.15, 0.2) is 0 Å². The highest BCUT2D eigenvalue weighted by Crippen LogP contribution is 2.22. The molecule has 0 aliphatic heterocycles. The van der Waals surface area contributed by atoms with Crippen LogP contribution in [0.15, 0.2) is 35.1 Å². The fourth-order valence-electron chi connectivity index (χ4n) is 2.20. The van der Waals surface area contributed by atoms with Gasteiger partial charge in [0.2, 0.25) is 0 Å². The van der Waals surface area contributed by atoms with E-state index in [2.05, 4.69) is 55.9 Å². The fourth-order valence-corrected chi connectivity index (χ4v) is 2.71. The normalized spacial score (nSPS) is 11.0. The van der Waals surface area contributed by atoms with Crippen molar-refractivity contribution >= 4 is 15.9 Å². The van der Waals surface area contributed by atoms with Crippen LogP contribution < -0.4 is 5.32 Å². The van der Waals surface area contributed by atoms with Crippen LogP contribution in [0, 0.1) is 0 Å². The summed E-state index contributed by atoms with van der Waals surface area (Å²) in [5.41, 5.74) is 2.38. The number of nitrogens with zero attached hydrogens (tertiary/aromatic N) is 2. The van der Waals surface area contributed by atoms with Crippen LogP contribution in [0.25, 0.3) is 5.69 Å². The van der Waals surface area contributed by atoms with Gasteiger partial charge in [-0.05, 0) is 24.1 Å². The van der Waals surface area contributed by atoms with Gasteiger partial charge in [-0.3, -0.25) is 0 Å². The maximum absolute atomic E-state index is 5.03. The first-order chi connectivity index (χ1) is 10.3. The van der Waals surface area contributed by atoms with Gasteiger partial charge >= 0.3 is 0 Å². The molecular weight excluding hydrogens is 330 g/mol. The number of methoxy groups -OCH3 is 1. The Morgan fingerprint density at radius 1 is 1.38 bits per heavy atom. The van der Waals surface area contributed by atoms with Crippen molar-refractivity contribution in [3.05, 3.63) is 46.5 Å². The average molecular weight is 352 g/mol. The number of nitrogens with one attached hydrogen (secondary N) is 1. The maximum Gasteiger partial charge on any atom is 0.113 e. The SMILES string of the molecule is CCCc1nccn1-c1ccc(CNCCOC)c(Br)c1. The highest BCUT2D eigenvalue weighted by molar-refractivity contribution is 9.10. The summed E-state index contributed by atoms with van der Waals surface area (Å²) in [6, 6.07) is 6.43. The molecule has 1 aromatic carbocycles. The number of aromatic nitrogens is 2. The largest absolute Gasteiger partial charge is 0.383 e. The number of rotatable bonds is 8. The van der Waals surface area contributed by atoms with Crippen LogP contribution in [0.2, 0.25) is 0 Å². The molecule has 0 amide bonds. The second kappa shape index (κ2) is 8.32.